The van der Waals surface area contributed by atoms with E-state index in [0.29, 0.717) is 17.7 Å². The zero-order chi connectivity index (χ0) is 13.5. The van der Waals surface area contributed by atoms with Crippen molar-refractivity contribution in [3.05, 3.63) is 23.7 Å². The number of carboxylic acid groups (broad SMARTS) is 1. The van der Waals surface area contributed by atoms with Crippen LogP contribution in [0.1, 0.15) is 29.5 Å². The van der Waals surface area contributed by atoms with E-state index in [1.54, 1.807) is 6.07 Å². The first-order chi connectivity index (χ1) is 8.60. The van der Waals surface area contributed by atoms with Crippen LogP contribution in [0.3, 0.4) is 0 Å². The monoisotopic (exact) mass is 255 g/mol. The van der Waals surface area contributed by atoms with Crippen molar-refractivity contribution >= 4 is 11.9 Å². The standard InChI is InChI=1S/C12H17NO5/c1-3-4-9-8(5-6-18-9)11(14)13-7-10(17-2)12(15)16/h5-6,10H,3-4,7H2,1-2H3,(H,13,14)(H,15,16). The maximum absolute atomic E-state index is 11.8. The smallest absolute Gasteiger partial charge is 0.334 e. The van der Waals surface area contributed by atoms with E-state index in [9.17, 15) is 9.59 Å². The van der Waals surface area contributed by atoms with Crippen molar-refractivity contribution in [3.8, 4) is 0 Å². The quantitative estimate of drug-likeness (QED) is 0.760. The summed E-state index contributed by atoms with van der Waals surface area (Å²) in [6.45, 7) is 1.90. The average molecular weight is 255 g/mol. The number of furan rings is 1. The Hall–Kier alpha value is -1.82. The minimum absolute atomic E-state index is 0.0819. The van der Waals surface area contributed by atoms with E-state index in [2.05, 4.69) is 5.32 Å². The van der Waals surface area contributed by atoms with Crippen LogP contribution in [-0.4, -0.2) is 36.7 Å². The molecule has 0 saturated carbocycles. The molecular formula is C12H17NO5. The van der Waals surface area contributed by atoms with Gasteiger partial charge in [0.15, 0.2) is 6.10 Å². The normalized spacial score (nSPS) is 12.1. The van der Waals surface area contributed by atoms with Crippen molar-refractivity contribution in [2.24, 2.45) is 0 Å². The maximum atomic E-state index is 11.8. The lowest BCUT2D eigenvalue weighted by Crippen LogP contribution is -2.37. The lowest BCUT2D eigenvalue weighted by atomic mass is 10.1. The fraction of sp³-hybridized carbons (Fsp3) is 0.500. The Labute approximate surface area is 105 Å². The van der Waals surface area contributed by atoms with Gasteiger partial charge in [0.25, 0.3) is 5.91 Å². The van der Waals surface area contributed by atoms with Crippen LogP contribution in [0.25, 0.3) is 0 Å². The second-order valence-electron chi connectivity index (χ2n) is 3.78. The summed E-state index contributed by atoms with van der Waals surface area (Å²) in [4.78, 5) is 22.5. The van der Waals surface area contributed by atoms with Gasteiger partial charge in [-0.3, -0.25) is 4.79 Å². The minimum atomic E-state index is -1.11. The van der Waals surface area contributed by atoms with Gasteiger partial charge in [0.1, 0.15) is 5.76 Å². The molecule has 1 rings (SSSR count). The van der Waals surface area contributed by atoms with E-state index >= 15 is 0 Å². The van der Waals surface area contributed by atoms with Crippen LogP contribution in [0.15, 0.2) is 16.7 Å². The fourth-order valence-corrected chi connectivity index (χ4v) is 1.52. The zero-order valence-electron chi connectivity index (χ0n) is 10.4. The van der Waals surface area contributed by atoms with Gasteiger partial charge in [-0.2, -0.15) is 0 Å². The van der Waals surface area contributed by atoms with Gasteiger partial charge in [-0.15, -0.1) is 0 Å². The molecule has 6 nitrogen and oxygen atoms in total. The summed E-state index contributed by atoms with van der Waals surface area (Å²) in [6, 6.07) is 1.57. The molecule has 1 aromatic rings. The third-order valence-electron chi connectivity index (χ3n) is 2.48. The van der Waals surface area contributed by atoms with Crippen molar-refractivity contribution in [3.63, 3.8) is 0 Å². The molecule has 0 radical (unpaired) electrons. The number of carbonyl (C=O) groups excluding carboxylic acids is 1. The first kappa shape index (κ1) is 14.2. The maximum Gasteiger partial charge on any atom is 0.334 e. The molecule has 0 saturated heterocycles. The van der Waals surface area contributed by atoms with Crippen LogP contribution in [0.2, 0.25) is 0 Å². The predicted molar refractivity (Wildman–Crippen MR) is 63.5 cm³/mol. The number of hydrogen-bond donors (Lipinski definition) is 2. The molecule has 0 aliphatic heterocycles. The van der Waals surface area contributed by atoms with E-state index in [-0.39, 0.29) is 12.5 Å². The van der Waals surface area contributed by atoms with Gasteiger partial charge in [-0.25, -0.2) is 4.79 Å². The summed E-state index contributed by atoms with van der Waals surface area (Å²) < 4.78 is 9.92. The Bertz CT molecular complexity index is 412. The van der Waals surface area contributed by atoms with Crippen LogP contribution in [-0.2, 0) is 16.0 Å². The molecule has 0 fully saturated rings. The largest absolute Gasteiger partial charge is 0.479 e. The summed E-state index contributed by atoms with van der Waals surface area (Å²) in [7, 11) is 1.28. The summed E-state index contributed by atoms with van der Waals surface area (Å²) in [5.74, 6) is -0.853. The van der Waals surface area contributed by atoms with Crippen molar-refractivity contribution in [2.45, 2.75) is 25.9 Å². The molecule has 0 spiro atoms. The number of ether oxygens (including phenoxy) is 1. The fourth-order valence-electron chi connectivity index (χ4n) is 1.52. The summed E-state index contributed by atoms with van der Waals surface area (Å²) >= 11 is 0. The molecule has 1 amide bonds. The third-order valence-corrected chi connectivity index (χ3v) is 2.48. The van der Waals surface area contributed by atoms with E-state index < -0.39 is 12.1 Å². The van der Waals surface area contributed by atoms with Gasteiger partial charge in [-0.1, -0.05) is 6.92 Å². The topological polar surface area (TPSA) is 88.8 Å². The molecule has 0 aliphatic rings. The van der Waals surface area contributed by atoms with E-state index in [4.69, 9.17) is 14.3 Å². The number of aliphatic carboxylic acids is 1. The summed E-state index contributed by atoms with van der Waals surface area (Å²) in [6.07, 6.45) is 1.94. The van der Waals surface area contributed by atoms with Crippen molar-refractivity contribution in [2.75, 3.05) is 13.7 Å². The lowest BCUT2D eigenvalue weighted by molar-refractivity contribution is -0.148. The Morgan fingerprint density at radius 2 is 2.28 bits per heavy atom. The first-order valence-electron chi connectivity index (χ1n) is 5.70. The second kappa shape index (κ2) is 6.80. The summed E-state index contributed by atoms with van der Waals surface area (Å²) in [5, 5.41) is 11.3. The van der Waals surface area contributed by atoms with Gasteiger partial charge in [0.05, 0.1) is 18.4 Å². The highest BCUT2D eigenvalue weighted by molar-refractivity contribution is 5.95. The number of aryl methyl sites for hydroxylation is 1. The number of hydrogen-bond acceptors (Lipinski definition) is 4. The Morgan fingerprint density at radius 1 is 1.56 bits per heavy atom. The third kappa shape index (κ3) is 3.59. The van der Waals surface area contributed by atoms with Crippen LogP contribution in [0.4, 0.5) is 0 Å². The molecule has 1 heterocycles. The molecule has 1 aromatic heterocycles. The number of methoxy groups -OCH3 is 1. The van der Waals surface area contributed by atoms with Crippen LogP contribution >= 0.6 is 0 Å². The van der Waals surface area contributed by atoms with Gasteiger partial charge in [-0.05, 0) is 12.5 Å². The highest BCUT2D eigenvalue weighted by Gasteiger charge is 2.19. The van der Waals surface area contributed by atoms with Gasteiger partial charge in [0.2, 0.25) is 0 Å². The molecule has 0 bridgehead atoms. The molecule has 18 heavy (non-hydrogen) atoms. The number of carbonyl (C=O) groups is 2. The van der Waals surface area contributed by atoms with Crippen molar-refractivity contribution in [1.82, 2.24) is 5.32 Å². The number of carboxylic acids is 1. The molecule has 6 heteroatoms. The predicted octanol–water partition coefficient (Wildman–Crippen LogP) is 1.06. The van der Waals surface area contributed by atoms with E-state index in [0.717, 1.165) is 6.42 Å². The molecule has 0 aromatic carbocycles. The zero-order valence-corrected chi connectivity index (χ0v) is 10.4. The van der Waals surface area contributed by atoms with E-state index in [1.165, 1.54) is 13.4 Å². The lowest BCUT2D eigenvalue weighted by Gasteiger charge is -2.11. The molecular weight excluding hydrogens is 238 g/mol. The number of amides is 1. The molecule has 1 unspecified atom stereocenters. The van der Waals surface area contributed by atoms with Crippen molar-refractivity contribution in [1.29, 1.82) is 0 Å². The van der Waals surface area contributed by atoms with E-state index in [1.807, 2.05) is 6.92 Å². The van der Waals surface area contributed by atoms with Gasteiger partial charge >= 0.3 is 5.97 Å². The molecule has 100 valence electrons. The minimum Gasteiger partial charge on any atom is -0.479 e. The summed E-state index contributed by atoms with van der Waals surface area (Å²) in [5.41, 5.74) is 0.442. The van der Waals surface area contributed by atoms with Gasteiger partial charge < -0.3 is 19.6 Å². The average Bonchev–Trinajstić information content (AvgIpc) is 2.78. The SMILES string of the molecule is CCCc1occc1C(=O)NCC(OC)C(=O)O. The van der Waals surface area contributed by atoms with Gasteiger partial charge in [0, 0.05) is 13.5 Å². The molecule has 0 aliphatic carbocycles. The second-order valence-corrected chi connectivity index (χ2v) is 3.78. The Balaban J connectivity index is 2.59. The van der Waals surface area contributed by atoms with Crippen LogP contribution in [0.5, 0.6) is 0 Å². The Kier molecular flexibility index (Phi) is 5.38. The van der Waals surface area contributed by atoms with Crippen LogP contribution in [0, 0.1) is 0 Å². The molecule has 1 atom stereocenters. The van der Waals surface area contributed by atoms with Crippen molar-refractivity contribution < 1.29 is 23.8 Å². The molecule has 2 N–H and O–H groups in total. The number of rotatable bonds is 7. The Morgan fingerprint density at radius 3 is 2.83 bits per heavy atom. The first-order valence-corrected chi connectivity index (χ1v) is 5.70. The highest BCUT2D eigenvalue weighted by atomic mass is 16.5. The van der Waals surface area contributed by atoms with Crippen LogP contribution < -0.4 is 5.32 Å². The highest BCUT2D eigenvalue weighted by Crippen LogP contribution is 2.12. The number of nitrogens with one attached hydrogen (secondary N) is 1.